The van der Waals surface area contributed by atoms with Crippen LogP contribution in [0.2, 0.25) is 5.15 Å². The summed E-state index contributed by atoms with van der Waals surface area (Å²) in [6, 6.07) is 6.08. The Morgan fingerprint density at radius 3 is 2.40 bits per heavy atom. The Kier molecular flexibility index (Phi) is 4.76. The van der Waals surface area contributed by atoms with Crippen molar-refractivity contribution in [3.8, 4) is 11.4 Å². The third-order valence-corrected chi connectivity index (χ3v) is 5.44. The van der Waals surface area contributed by atoms with Crippen LogP contribution < -0.4 is 0 Å². The standard InChI is InChI=1S/C15H15BrClIN2/c1-8-7-9(5-6-10(8)16)14-19-12(15(2,3)4)11(18)13(17)20-14/h5-7H,1-4H3. The fourth-order valence-electron chi connectivity index (χ4n) is 1.83. The van der Waals surface area contributed by atoms with E-state index in [1.807, 2.05) is 19.1 Å². The lowest BCUT2D eigenvalue weighted by atomic mass is 9.92. The number of rotatable bonds is 1. The Hall–Kier alpha value is -0.200. The summed E-state index contributed by atoms with van der Waals surface area (Å²) in [4.78, 5) is 9.15. The Morgan fingerprint density at radius 1 is 1.20 bits per heavy atom. The molecule has 0 aliphatic rings. The number of halogens is 3. The zero-order valence-corrected chi connectivity index (χ0v) is 16.3. The van der Waals surface area contributed by atoms with E-state index >= 15 is 0 Å². The van der Waals surface area contributed by atoms with E-state index in [0.717, 1.165) is 24.9 Å². The maximum atomic E-state index is 6.28. The SMILES string of the molecule is Cc1cc(-c2nc(Cl)c(I)c(C(C)(C)C)n2)ccc1Br. The Labute approximate surface area is 146 Å². The molecule has 0 atom stereocenters. The van der Waals surface area contributed by atoms with Crippen molar-refractivity contribution < 1.29 is 0 Å². The second-order valence-corrected chi connectivity index (χ2v) is 8.01. The lowest BCUT2D eigenvalue weighted by Gasteiger charge is -2.20. The van der Waals surface area contributed by atoms with E-state index in [1.165, 1.54) is 0 Å². The van der Waals surface area contributed by atoms with Gasteiger partial charge in [-0.2, -0.15) is 0 Å². The average Bonchev–Trinajstić information content (AvgIpc) is 2.34. The molecule has 20 heavy (non-hydrogen) atoms. The molecule has 0 N–H and O–H groups in total. The largest absolute Gasteiger partial charge is 0.231 e. The highest BCUT2D eigenvalue weighted by molar-refractivity contribution is 14.1. The minimum Gasteiger partial charge on any atom is -0.231 e. The first kappa shape index (κ1) is 16.2. The molecule has 2 aromatic rings. The number of aryl methyl sites for hydroxylation is 1. The number of aromatic nitrogens is 2. The lowest BCUT2D eigenvalue weighted by Crippen LogP contribution is -2.17. The number of benzene rings is 1. The van der Waals surface area contributed by atoms with Crippen LogP contribution in [0.4, 0.5) is 0 Å². The van der Waals surface area contributed by atoms with Crippen molar-refractivity contribution in [2.75, 3.05) is 0 Å². The molecule has 0 aliphatic carbocycles. The molecule has 1 aromatic heterocycles. The van der Waals surface area contributed by atoms with E-state index in [-0.39, 0.29) is 5.41 Å². The van der Waals surface area contributed by atoms with Gasteiger partial charge in [0.15, 0.2) is 5.82 Å². The first-order valence-corrected chi connectivity index (χ1v) is 8.45. The van der Waals surface area contributed by atoms with Crippen molar-refractivity contribution in [1.82, 2.24) is 9.97 Å². The molecule has 0 radical (unpaired) electrons. The van der Waals surface area contributed by atoms with Crippen molar-refractivity contribution in [3.05, 3.63) is 42.7 Å². The molecule has 0 aliphatic heterocycles. The number of hydrogen-bond acceptors (Lipinski definition) is 2. The second kappa shape index (κ2) is 5.89. The summed E-state index contributed by atoms with van der Waals surface area (Å²) >= 11 is 12.0. The van der Waals surface area contributed by atoms with Crippen LogP contribution in [0.3, 0.4) is 0 Å². The first-order chi connectivity index (χ1) is 9.20. The first-order valence-electron chi connectivity index (χ1n) is 6.20. The van der Waals surface area contributed by atoms with Gasteiger partial charge in [-0.05, 0) is 47.2 Å². The average molecular weight is 466 g/mol. The number of hydrogen-bond donors (Lipinski definition) is 0. The molecule has 2 rings (SSSR count). The smallest absolute Gasteiger partial charge is 0.161 e. The van der Waals surface area contributed by atoms with Crippen molar-refractivity contribution in [2.45, 2.75) is 33.1 Å². The lowest BCUT2D eigenvalue weighted by molar-refractivity contribution is 0.563. The van der Waals surface area contributed by atoms with Crippen molar-refractivity contribution in [3.63, 3.8) is 0 Å². The molecular weight excluding hydrogens is 450 g/mol. The molecule has 0 amide bonds. The quantitative estimate of drug-likeness (QED) is 0.395. The van der Waals surface area contributed by atoms with Gasteiger partial charge in [0.05, 0.1) is 9.26 Å². The van der Waals surface area contributed by atoms with Crippen LogP contribution in [0.25, 0.3) is 11.4 Å². The van der Waals surface area contributed by atoms with Crippen molar-refractivity contribution in [2.24, 2.45) is 0 Å². The van der Waals surface area contributed by atoms with Crippen LogP contribution >= 0.6 is 50.1 Å². The molecular formula is C15H15BrClIN2. The van der Waals surface area contributed by atoms with Crippen LogP contribution in [0.15, 0.2) is 22.7 Å². The molecule has 0 bridgehead atoms. The molecule has 1 aromatic carbocycles. The normalized spacial score (nSPS) is 11.8. The summed E-state index contributed by atoms with van der Waals surface area (Å²) in [6.45, 7) is 8.44. The van der Waals surface area contributed by atoms with Crippen molar-refractivity contribution >= 4 is 50.1 Å². The van der Waals surface area contributed by atoms with Gasteiger partial charge in [0, 0.05) is 15.5 Å². The summed E-state index contributed by atoms with van der Waals surface area (Å²) in [5.41, 5.74) is 3.05. The van der Waals surface area contributed by atoms with Gasteiger partial charge in [0.2, 0.25) is 0 Å². The molecule has 0 fully saturated rings. The summed E-state index contributed by atoms with van der Waals surface area (Å²) in [7, 11) is 0. The van der Waals surface area contributed by atoms with Crippen LogP contribution in [0, 0.1) is 10.5 Å². The van der Waals surface area contributed by atoms with Gasteiger partial charge in [-0.15, -0.1) is 0 Å². The third kappa shape index (κ3) is 3.34. The topological polar surface area (TPSA) is 25.8 Å². The molecule has 106 valence electrons. The van der Waals surface area contributed by atoms with E-state index in [9.17, 15) is 0 Å². The minimum atomic E-state index is -0.0672. The maximum Gasteiger partial charge on any atom is 0.161 e. The zero-order chi connectivity index (χ0) is 15.1. The molecule has 0 saturated heterocycles. The Balaban J connectivity index is 2.63. The van der Waals surface area contributed by atoms with E-state index in [2.05, 4.69) is 70.3 Å². The highest BCUT2D eigenvalue weighted by atomic mass is 127. The van der Waals surface area contributed by atoms with E-state index in [1.54, 1.807) is 0 Å². The van der Waals surface area contributed by atoms with Crippen molar-refractivity contribution in [1.29, 1.82) is 0 Å². The van der Waals surface area contributed by atoms with Crippen LogP contribution in [-0.2, 0) is 5.41 Å². The van der Waals surface area contributed by atoms with E-state index in [0.29, 0.717) is 11.0 Å². The van der Waals surface area contributed by atoms with E-state index in [4.69, 9.17) is 16.6 Å². The number of nitrogens with zero attached hydrogens (tertiary/aromatic N) is 2. The molecule has 2 nitrogen and oxygen atoms in total. The molecule has 0 saturated carbocycles. The highest BCUT2D eigenvalue weighted by Gasteiger charge is 2.23. The Morgan fingerprint density at radius 2 is 1.85 bits per heavy atom. The van der Waals surface area contributed by atoms with Gasteiger partial charge in [-0.1, -0.05) is 54.4 Å². The maximum absolute atomic E-state index is 6.28. The summed E-state index contributed by atoms with van der Waals surface area (Å²) in [6.07, 6.45) is 0. The van der Waals surface area contributed by atoms with E-state index < -0.39 is 0 Å². The van der Waals surface area contributed by atoms with Gasteiger partial charge in [0.25, 0.3) is 0 Å². The summed E-state index contributed by atoms with van der Waals surface area (Å²) in [5, 5.41) is 0.515. The minimum absolute atomic E-state index is 0.0672. The highest BCUT2D eigenvalue weighted by Crippen LogP contribution is 2.32. The molecule has 0 unspecified atom stereocenters. The molecule has 0 spiro atoms. The van der Waals surface area contributed by atoms with Gasteiger partial charge in [0.1, 0.15) is 5.15 Å². The fourth-order valence-corrected chi connectivity index (χ4v) is 3.30. The summed E-state index contributed by atoms with van der Waals surface area (Å²) in [5.74, 6) is 0.677. The van der Waals surface area contributed by atoms with Crippen LogP contribution in [0.1, 0.15) is 32.0 Å². The molecule has 1 heterocycles. The predicted octanol–water partition coefficient (Wildman–Crippen LogP) is 5.77. The molecule has 5 heteroatoms. The van der Waals surface area contributed by atoms with Crippen LogP contribution in [0.5, 0.6) is 0 Å². The van der Waals surface area contributed by atoms with Gasteiger partial charge in [-0.3, -0.25) is 0 Å². The zero-order valence-electron chi connectivity index (χ0n) is 11.8. The van der Waals surface area contributed by atoms with Gasteiger partial charge in [-0.25, -0.2) is 9.97 Å². The second-order valence-electron chi connectivity index (χ2n) is 5.71. The Bertz CT molecular complexity index is 666. The van der Waals surface area contributed by atoms with Gasteiger partial charge < -0.3 is 0 Å². The fraction of sp³-hybridized carbons (Fsp3) is 0.333. The van der Waals surface area contributed by atoms with Gasteiger partial charge >= 0.3 is 0 Å². The monoisotopic (exact) mass is 464 g/mol. The predicted molar refractivity (Wildman–Crippen MR) is 96.3 cm³/mol. The summed E-state index contributed by atoms with van der Waals surface area (Å²) < 4.78 is 2.00. The van der Waals surface area contributed by atoms with Crippen LogP contribution in [-0.4, -0.2) is 9.97 Å². The third-order valence-electron chi connectivity index (χ3n) is 2.94.